The third-order valence-corrected chi connectivity index (χ3v) is 2.96. The van der Waals surface area contributed by atoms with Crippen molar-refractivity contribution in [2.24, 2.45) is 0 Å². The summed E-state index contributed by atoms with van der Waals surface area (Å²) >= 11 is 3.06. The number of benzene rings is 1. The molecule has 1 aromatic rings. The van der Waals surface area contributed by atoms with E-state index in [-0.39, 0.29) is 5.56 Å². The van der Waals surface area contributed by atoms with Crippen molar-refractivity contribution >= 4 is 21.8 Å². The van der Waals surface area contributed by atoms with Gasteiger partial charge in [0.1, 0.15) is 11.4 Å². The second kappa shape index (κ2) is 6.24. The zero-order valence-electron chi connectivity index (χ0n) is 9.36. The van der Waals surface area contributed by atoms with Crippen LogP contribution in [0.25, 0.3) is 0 Å². The Bertz CT molecular complexity index is 429. The minimum absolute atomic E-state index is 0.238. The first-order valence-electron chi connectivity index (χ1n) is 5.08. The number of amides is 1. The molecule has 0 saturated carbocycles. The van der Waals surface area contributed by atoms with Gasteiger partial charge in [-0.25, -0.2) is 4.39 Å². The summed E-state index contributed by atoms with van der Waals surface area (Å²) in [4.78, 5) is 11.8. The molecule has 0 bridgehead atoms. The molecule has 0 heterocycles. The molecule has 0 aliphatic carbocycles. The lowest BCUT2D eigenvalue weighted by Gasteiger charge is -2.28. The molecule has 0 aromatic heterocycles. The van der Waals surface area contributed by atoms with E-state index in [0.717, 1.165) is 6.07 Å². The van der Waals surface area contributed by atoms with Gasteiger partial charge in [0.15, 0.2) is 0 Å². The Morgan fingerprint density at radius 3 is 2.28 bits per heavy atom. The first-order valence-corrected chi connectivity index (χ1v) is 5.87. The molecule has 7 heteroatoms. The number of aliphatic hydroxyl groups excluding tert-OH is 3. The maximum absolute atomic E-state index is 13.5. The molecule has 0 atom stereocenters. The molecule has 1 aromatic carbocycles. The quantitative estimate of drug-likeness (QED) is 0.616. The summed E-state index contributed by atoms with van der Waals surface area (Å²) in [6, 6.07) is 3.86. The van der Waals surface area contributed by atoms with E-state index in [0.29, 0.717) is 4.47 Å². The van der Waals surface area contributed by atoms with E-state index in [1.165, 1.54) is 12.1 Å². The number of halogens is 2. The normalized spacial score (nSPS) is 11.4. The number of hydrogen-bond donors (Lipinski definition) is 4. The second-order valence-corrected chi connectivity index (χ2v) is 4.75. The molecule has 18 heavy (non-hydrogen) atoms. The highest BCUT2D eigenvalue weighted by Crippen LogP contribution is 2.16. The Morgan fingerprint density at radius 1 is 1.28 bits per heavy atom. The van der Waals surface area contributed by atoms with Gasteiger partial charge in [-0.2, -0.15) is 0 Å². The number of rotatable bonds is 5. The molecule has 0 fully saturated rings. The van der Waals surface area contributed by atoms with Crippen LogP contribution in [0.3, 0.4) is 0 Å². The van der Waals surface area contributed by atoms with Crippen molar-refractivity contribution in [2.75, 3.05) is 19.8 Å². The van der Waals surface area contributed by atoms with Gasteiger partial charge >= 0.3 is 0 Å². The van der Waals surface area contributed by atoms with E-state index in [2.05, 4.69) is 21.2 Å². The average molecular weight is 322 g/mol. The van der Waals surface area contributed by atoms with Crippen LogP contribution in [0.2, 0.25) is 0 Å². The Hall–Kier alpha value is -1.02. The number of carbonyl (C=O) groups excluding carboxylic acids is 1. The van der Waals surface area contributed by atoms with Gasteiger partial charge < -0.3 is 20.6 Å². The minimum atomic E-state index is -1.57. The van der Waals surface area contributed by atoms with Crippen LogP contribution in [0, 0.1) is 5.82 Å². The monoisotopic (exact) mass is 321 g/mol. The molecule has 5 nitrogen and oxygen atoms in total. The van der Waals surface area contributed by atoms with Gasteiger partial charge in [-0.3, -0.25) is 4.79 Å². The predicted molar refractivity (Wildman–Crippen MR) is 65.6 cm³/mol. The standard InChI is InChI=1S/C11H13BrFNO4/c12-7-1-2-8(9(13)3-7)10(18)14-11(4-15,5-16)6-17/h1-3,15-17H,4-6H2,(H,14,18). The molecule has 100 valence electrons. The van der Waals surface area contributed by atoms with Crippen molar-refractivity contribution < 1.29 is 24.5 Å². The highest BCUT2D eigenvalue weighted by molar-refractivity contribution is 9.10. The molecule has 0 aliphatic heterocycles. The maximum atomic E-state index is 13.5. The summed E-state index contributed by atoms with van der Waals surface area (Å²) in [6.07, 6.45) is 0. The molecule has 0 saturated heterocycles. The van der Waals surface area contributed by atoms with Gasteiger partial charge in [0.2, 0.25) is 0 Å². The Balaban J connectivity index is 2.94. The van der Waals surface area contributed by atoms with E-state index in [9.17, 15) is 9.18 Å². The molecule has 1 amide bonds. The number of nitrogens with one attached hydrogen (secondary N) is 1. The molecule has 0 radical (unpaired) electrons. The molecule has 4 N–H and O–H groups in total. The van der Waals surface area contributed by atoms with Crippen LogP contribution in [-0.4, -0.2) is 46.6 Å². The fourth-order valence-electron chi connectivity index (χ4n) is 1.25. The summed E-state index contributed by atoms with van der Waals surface area (Å²) in [5, 5.41) is 29.4. The third-order valence-electron chi connectivity index (χ3n) is 2.46. The molecule has 1 rings (SSSR count). The van der Waals surface area contributed by atoms with E-state index < -0.39 is 37.1 Å². The lowest BCUT2D eigenvalue weighted by molar-refractivity contribution is 0.0373. The molecular weight excluding hydrogens is 309 g/mol. The van der Waals surface area contributed by atoms with Crippen LogP contribution in [0.4, 0.5) is 4.39 Å². The van der Waals surface area contributed by atoms with Gasteiger partial charge in [-0.15, -0.1) is 0 Å². The highest BCUT2D eigenvalue weighted by atomic mass is 79.9. The summed E-state index contributed by atoms with van der Waals surface area (Å²) in [7, 11) is 0. The lowest BCUT2D eigenvalue weighted by atomic mass is 10.0. The van der Waals surface area contributed by atoms with Gasteiger partial charge in [-0.05, 0) is 18.2 Å². The molecule has 0 aliphatic rings. The first kappa shape index (κ1) is 15.0. The topological polar surface area (TPSA) is 89.8 Å². The fourth-order valence-corrected chi connectivity index (χ4v) is 1.58. The average Bonchev–Trinajstić information content (AvgIpc) is 2.36. The Kier molecular flexibility index (Phi) is 5.21. The first-order chi connectivity index (χ1) is 8.48. The molecular formula is C11H13BrFNO4. The summed E-state index contributed by atoms with van der Waals surface area (Å²) in [6.45, 7) is -1.99. The van der Waals surface area contributed by atoms with Crippen molar-refractivity contribution in [3.05, 3.63) is 34.1 Å². The smallest absolute Gasteiger partial charge is 0.254 e. The van der Waals surface area contributed by atoms with Gasteiger partial charge in [0.05, 0.1) is 25.4 Å². The van der Waals surface area contributed by atoms with E-state index in [1.54, 1.807) is 0 Å². The van der Waals surface area contributed by atoms with Crippen molar-refractivity contribution in [3.63, 3.8) is 0 Å². The maximum Gasteiger partial charge on any atom is 0.254 e. The Morgan fingerprint density at radius 2 is 1.83 bits per heavy atom. The number of aliphatic hydroxyl groups is 3. The lowest BCUT2D eigenvalue weighted by Crippen LogP contribution is -2.57. The minimum Gasteiger partial charge on any atom is -0.394 e. The summed E-state index contributed by atoms with van der Waals surface area (Å²) in [5.41, 5.74) is -1.81. The van der Waals surface area contributed by atoms with Crippen molar-refractivity contribution in [1.82, 2.24) is 5.32 Å². The molecule has 0 unspecified atom stereocenters. The van der Waals surface area contributed by atoms with E-state index in [4.69, 9.17) is 15.3 Å². The van der Waals surface area contributed by atoms with Gasteiger partial charge in [0.25, 0.3) is 5.91 Å². The predicted octanol–water partition coefficient (Wildman–Crippen LogP) is 0.0337. The fraction of sp³-hybridized carbons (Fsp3) is 0.364. The van der Waals surface area contributed by atoms with Crippen LogP contribution >= 0.6 is 15.9 Å². The zero-order valence-corrected chi connectivity index (χ0v) is 10.9. The van der Waals surface area contributed by atoms with Crippen LogP contribution in [0.15, 0.2) is 22.7 Å². The van der Waals surface area contributed by atoms with Crippen molar-refractivity contribution in [2.45, 2.75) is 5.54 Å². The Labute approximate surface area is 111 Å². The van der Waals surface area contributed by atoms with Crippen LogP contribution in [0.5, 0.6) is 0 Å². The summed E-state index contributed by atoms with van der Waals surface area (Å²) in [5.74, 6) is -1.57. The summed E-state index contributed by atoms with van der Waals surface area (Å²) < 4.78 is 14.0. The van der Waals surface area contributed by atoms with Gasteiger partial charge in [-0.1, -0.05) is 15.9 Å². The van der Waals surface area contributed by atoms with E-state index >= 15 is 0 Å². The molecule has 0 spiro atoms. The van der Waals surface area contributed by atoms with Crippen molar-refractivity contribution in [1.29, 1.82) is 0 Å². The number of hydrogen-bond acceptors (Lipinski definition) is 4. The second-order valence-electron chi connectivity index (χ2n) is 3.83. The zero-order chi connectivity index (χ0) is 13.8. The van der Waals surface area contributed by atoms with Crippen molar-refractivity contribution in [3.8, 4) is 0 Å². The van der Waals surface area contributed by atoms with Crippen LogP contribution in [0.1, 0.15) is 10.4 Å². The van der Waals surface area contributed by atoms with E-state index in [1.807, 2.05) is 0 Å². The highest BCUT2D eigenvalue weighted by Gasteiger charge is 2.31. The number of carbonyl (C=O) groups is 1. The largest absolute Gasteiger partial charge is 0.394 e. The van der Waals surface area contributed by atoms with Crippen LogP contribution in [-0.2, 0) is 0 Å². The third kappa shape index (κ3) is 3.26. The van der Waals surface area contributed by atoms with Gasteiger partial charge in [0, 0.05) is 4.47 Å². The SMILES string of the molecule is O=C(NC(CO)(CO)CO)c1ccc(Br)cc1F. The van der Waals surface area contributed by atoms with Crippen LogP contribution < -0.4 is 5.32 Å².